The molecule has 0 bridgehead atoms. The fourth-order valence-electron chi connectivity index (χ4n) is 0. The monoisotopic (exact) mass is 63.0 g/mol. The number of rotatable bonds is 0. The fourth-order valence-corrected chi connectivity index (χ4v) is 0. The summed E-state index contributed by atoms with van der Waals surface area (Å²) in [6.45, 7) is 0. The van der Waals surface area contributed by atoms with Gasteiger partial charge in [0.1, 0.15) is 0 Å². The Labute approximate surface area is 47.1 Å². The number of hydrogen-bond donors (Lipinski definition) is 0. The van der Waals surface area contributed by atoms with Crippen molar-refractivity contribution in [3.05, 3.63) is 0 Å². The first kappa shape index (κ1) is 8.82. The molecule has 0 heterocycles. The van der Waals surface area contributed by atoms with Crippen molar-refractivity contribution < 1.29 is 20.3 Å². The SMILES string of the molecule is N#[C][AlH2].[H-].[Li+]. The van der Waals surface area contributed by atoms with Gasteiger partial charge in [-0.3, -0.25) is 0 Å². The summed E-state index contributed by atoms with van der Waals surface area (Å²) in [5, 5.41) is 7.38. The van der Waals surface area contributed by atoms with Crippen LogP contribution in [0.1, 0.15) is 1.43 Å². The maximum atomic E-state index is 7.38. The van der Waals surface area contributed by atoms with Crippen molar-refractivity contribution in [1.82, 2.24) is 0 Å². The molecule has 0 spiro atoms. The Hall–Kier alpha value is 0.620. The van der Waals surface area contributed by atoms with Crippen molar-refractivity contribution in [1.29, 1.82) is 5.26 Å². The molecule has 0 amide bonds. The topological polar surface area (TPSA) is 23.8 Å². The Morgan fingerprint density at radius 1 is 2.00 bits per heavy atom. The molecule has 0 saturated carbocycles. The Kier molecular flexibility index (Phi) is 20.9. The number of nitrogens with zero attached hydrogens (tertiary/aromatic N) is 1. The van der Waals surface area contributed by atoms with Crippen molar-refractivity contribution in [3.63, 3.8) is 0 Å². The van der Waals surface area contributed by atoms with Crippen LogP contribution >= 0.6 is 0 Å². The van der Waals surface area contributed by atoms with Crippen LogP contribution in [0.25, 0.3) is 0 Å². The number of nitriles is 1. The van der Waals surface area contributed by atoms with Gasteiger partial charge in [-0.25, -0.2) is 5.26 Å². The number of hydrogen-bond acceptors (Lipinski definition) is 1. The van der Waals surface area contributed by atoms with Crippen molar-refractivity contribution in [3.8, 4) is 4.93 Å². The van der Waals surface area contributed by atoms with Crippen LogP contribution in [0.4, 0.5) is 0 Å². The predicted molar refractivity (Wildman–Crippen MR) is 15.3 cm³/mol. The molecule has 16 valence electrons. The molecule has 3 heteroatoms. The maximum Gasteiger partial charge on any atom is 1.00 e. The van der Waals surface area contributed by atoms with Crippen LogP contribution in [-0.4, -0.2) is 16.3 Å². The molecule has 0 aromatic rings. The Balaban J connectivity index is -0.0000000200. The van der Waals surface area contributed by atoms with Gasteiger partial charge in [-0.05, 0) is 0 Å². The fraction of sp³-hybridized carbons (Fsp3) is 0. The summed E-state index contributed by atoms with van der Waals surface area (Å²) in [4.78, 5) is 1.89. The Bertz CT molecular complexity index is 33.1. The van der Waals surface area contributed by atoms with Gasteiger partial charge >= 0.3 is 35.2 Å². The molecule has 0 radical (unpaired) electrons. The zero-order chi connectivity index (χ0) is 2.71. The molecule has 0 aromatic heterocycles. The summed E-state index contributed by atoms with van der Waals surface area (Å²) < 4.78 is 0. The van der Waals surface area contributed by atoms with Crippen LogP contribution in [0.5, 0.6) is 0 Å². The molecule has 1 nitrogen and oxygen atoms in total. The van der Waals surface area contributed by atoms with E-state index in [9.17, 15) is 0 Å². The third-order valence-corrected chi connectivity index (χ3v) is 0. The van der Waals surface area contributed by atoms with Crippen molar-refractivity contribution >= 4 is 16.3 Å². The molecule has 0 aliphatic heterocycles. The van der Waals surface area contributed by atoms with Gasteiger partial charge in [-0.2, -0.15) is 0 Å². The van der Waals surface area contributed by atoms with Gasteiger partial charge in [0.05, 0.1) is 0 Å². The molecular formula is CH3AlLiN. The molecule has 0 saturated heterocycles. The summed E-state index contributed by atoms with van der Waals surface area (Å²) in [6, 6.07) is 0. The van der Waals surface area contributed by atoms with E-state index in [-0.39, 0.29) is 20.3 Å². The normalized spacial score (nSPS) is 1.75. The molecule has 0 rings (SSSR count). The molecule has 0 aromatic carbocycles. The third-order valence-electron chi connectivity index (χ3n) is 0. The van der Waals surface area contributed by atoms with E-state index in [1.165, 1.54) is 0 Å². The van der Waals surface area contributed by atoms with Gasteiger partial charge in [0, 0.05) is 0 Å². The van der Waals surface area contributed by atoms with E-state index in [4.69, 9.17) is 5.26 Å². The van der Waals surface area contributed by atoms with E-state index in [2.05, 4.69) is 0 Å². The van der Waals surface area contributed by atoms with E-state index in [0.717, 1.165) is 0 Å². The van der Waals surface area contributed by atoms with E-state index in [0.29, 0.717) is 16.3 Å². The van der Waals surface area contributed by atoms with Gasteiger partial charge < -0.3 is 1.43 Å². The van der Waals surface area contributed by atoms with E-state index in [1.807, 2.05) is 4.93 Å². The average molecular weight is 63.0 g/mol. The van der Waals surface area contributed by atoms with E-state index >= 15 is 0 Å². The Morgan fingerprint density at radius 2 is 2.00 bits per heavy atom. The van der Waals surface area contributed by atoms with Crippen molar-refractivity contribution in [2.75, 3.05) is 0 Å². The largest absolute Gasteiger partial charge is 1.00 e. The zero-order valence-corrected chi connectivity index (χ0v) is 4.95. The van der Waals surface area contributed by atoms with Gasteiger partial charge in [-0.1, -0.05) is 4.93 Å². The molecule has 0 N–H and O–H groups in total. The van der Waals surface area contributed by atoms with Crippen LogP contribution in [0.3, 0.4) is 0 Å². The summed E-state index contributed by atoms with van der Waals surface area (Å²) in [7, 11) is 0. The predicted octanol–water partition coefficient (Wildman–Crippen LogP) is -3.78. The van der Waals surface area contributed by atoms with Crippen LogP contribution in [0.2, 0.25) is 0 Å². The van der Waals surface area contributed by atoms with E-state index in [1.54, 1.807) is 0 Å². The molecule has 0 aliphatic rings. The summed E-state index contributed by atoms with van der Waals surface area (Å²) >= 11 is 0.674. The van der Waals surface area contributed by atoms with Gasteiger partial charge in [0.2, 0.25) is 0 Å². The summed E-state index contributed by atoms with van der Waals surface area (Å²) in [5.74, 6) is 0. The smallest absolute Gasteiger partial charge is 1.00 e. The second-order valence-corrected chi connectivity index (χ2v) is 0.671. The second kappa shape index (κ2) is 9.47. The van der Waals surface area contributed by atoms with E-state index < -0.39 is 0 Å². The average Bonchev–Trinajstić information content (AvgIpc) is 0.918. The first-order chi connectivity index (χ1) is 1.41. The van der Waals surface area contributed by atoms with Gasteiger partial charge in [0.25, 0.3) is 0 Å². The molecule has 0 unspecified atom stereocenters. The molecule has 0 aliphatic carbocycles. The minimum Gasteiger partial charge on any atom is -1.00 e. The van der Waals surface area contributed by atoms with Gasteiger partial charge in [-0.15, -0.1) is 0 Å². The quantitative estimate of drug-likeness (QED) is 0.265. The zero-order valence-electron chi connectivity index (χ0n) is 3.95. The van der Waals surface area contributed by atoms with Crippen LogP contribution < -0.4 is 18.9 Å². The molecule has 0 fully saturated rings. The van der Waals surface area contributed by atoms with Crippen LogP contribution in [-0.2, 0) is 0 Å². The van der Waals surface area contributed by atoms with Crippen LogP contribution in [0.15, 0.2) is 0 Å². The first-order valence-corrected chi connectivity index (χ1v) is 1.72. The minimum absolute atomic E-state index is 0. The Morgan fingerprint density at radius 3 is 2.00 bits per heavy atom. The maximum absolute atomic E-state index is 7.38. The second-order valence-electron chi connectivity index (χ2n) is 0.224. The van der Waals surface area contributed by atoms with Crippen LogP contribution in [0, 0.1) is 10.2 Å². The summed E-state index contributed by atoms with van der Waals surface area (Å²) in [5.41, 5.74) is 0. The molecule has 4 heavy (non-hydrogen) atoms. The third kappa shape index (κ3) is 17.9. The summed E-state index contributed by atoms with van der Waals surface area (Å²) in [6.07, 6.45) is 0. The minimum atomic E-state index is 0. The van der Waals surface area contributed by atoms with Gasteiger partial charge in [0.15, 0.2) is 0 Å². The van der Waals surface area contributed by atoms with Crippen molar-refractivity contribution in [2.24, 2.45) is 0 Å². The van der Waals surface area contributed by atoms with Crippen molar-refractivity contribution in [2.45, 2.75) is 0 Å². The molecular weight excluding hydrogens is 59.9 g/mol. The first-order valence-electron chi connectivity index (χ1n) is 0.724. The molecule has 0 atom stereocenters. The standard InChI is InChI=1S/CN.Al.Li.3H/c1-2;;;;;/q;;+1;;;-1.